The SMILES string of the molecule is CNc1ccn(-c2ccnc3c2cc(CN2CC=C(c4c(C)cc(C(=O)N5CCC(CN6CCN(Cc7ccc8c(c7)C(C)(C)C(=O)N8C7CCC(=O)NC7=O)C[C@@H]6C)CC5)cc4F)CC2)n3C)c(=O)c1. The predicted octanol–water partition coefficient (Wildman–Crippen LogP) is 5.99. The molecule has 372 valence electrons. The number of pyridine rings is 2. The summed E-state index contributed by atoms with van der Waals surface area (Å²) in [5.74, 6) is -0.826. The molecule has 2 atom stereocenters. The summed E-state index contributed by atoms with van der Waals surface area (Å²) in [4.78, 5) is 80.6. The third kappa shape index (κ3) is 9.21. The lowest BCUT2D eigenvalue weighted by Crippen LogP contribution is -2.55. The van der Waals surface area contributed by atoms with Crippen LogP contribution in [0.4, 0.5) is 15.8 Å². The molecule has 0 aliphatic carbocycles. The first-order valence-corrected chi connectivity index (χ1v) is 25.2. The zero-order chi connectivity index (χ0) is 49.9. The van der Waals surface area contributed by atoms with Gasteiger partial charge >= 0.3 is 0 Å². The van der Waals surface area contributed by atoms with E-state index in [2.05, 4.69) is 66.1 Å². The van der Waals surface area contributed by atoms with E-state index in [4.69, 9.17) is 0 Å². The highest BCUT2D eigenvalue weighted by atomic mass is 19.1. The van der Waals surface area contributed by atoms with Crippen molar-refractivity contribution in [2.45, 2.75) is 90.4 Å². The zero-order valence-electron chi connectivity index (χ0n) is 41.8. The number of hydrogen-bond acceptors (Lipinski definition) is 10. The van der Waals surface area contributed by atoms with Crippen LogP contribution in [0, 0.1) is 18.7 Å². The van der Waals surface area contributed by atoms with Gasteiger partial charge in [-0.25, -0.2) is 9.37 Å². The van der Waals surface area contributed by atoms with Crippen LogP contribution in [-0.4, -0.2) is 129 Å². The Hall–Kier alpha value is -6.49. The molecule has 3 aromatic heterocycles. The van der Waals surface area contributed by atoms with Crippen molar-refractivity contribution in [2.75, 3.05) is 69.6 Å². The van der Waals surface area contributed by atoms with Crippen molar-refractivity contribution >= 4 is 51.6 Å². The van der Waals surface area contributed by atoms with Crippen molar-refractivity contribution in [1.82, 2.24) is 39.0 Å². The first-order chi connectivity index (χ1) is 34.1. The van der Waals surface area contributed by atoms with Crippen LogP contribution in [0.15, 0.2) is 77.9 Å². The monoisotopic (exact) mass is 965 g/mol. The van der Waals surface area contributed by atoms with Crippen LogP contribution in [0.1, 0.15) is 91.2 Å². The molecule has 5 aliphatic rings. The molecule has 0 saturated carbocycles. The van der Waals surface area contributed by atoms with Gasteiger partial charge in [0.15, 0.2) is 0 Å². The van der Waals surface area contributed by atoms with E-state index < -0.39 is 17.4 Å². The molecule has 5 aliphatic heterocycles. The number of aryl methyl sites for hydroxylation is 2. The molecular formula is C55H65FN10O5. The van der Waals surface area contributed by atoms with Gasteiger partial charge in [0, 0.05) is 144 Å². The molecule has 0 bridgehead atoms. The Bertz CT molecular complexity index is 3020. The normalized spacial score (nSPS) is 21.5. The maximum absolute atomic E-state index is 16.1. The van der Waals surface area contributed by atoms with E-state index in [0.29, 0.717) is 62.1 Å². The van der Waals surface area contributed by atoms with Crippen molar-refractivity contribution in [2.24, 2.45) is 13.0 Å². The second-order valence-electron chi connectivity index (χ2n) is 20.9. The average molecular weight is 965 g/mol. The minimum absolute atomic E-state index is 0.113. The number of nitrogens with one attached hydrogen (secondary N) is 2. The van der Waals surface area contributed by atoms with Crippen molar-refractivity contribution in [1.29, 1.82) is 0 Å². The minimum Gasteiger partial charge on any atom is -0.388 e. The first kappa shape index (κ1) is 48.2. The van der Waals surface area contributed by atoms with Crippen LogP contribution < -0.4 is 21.1 Å². The number of rotatable bonds is 11. The minimum atomic E-state index is -0.781. The number of piperidine rings is 2. The molecule has 3 saturated heterocycles. The van der Waals surface area contributed by atoms with E-state index in [9.17, 15) is 24.0 Å². The summed E-state index contributed by atoms with van der Waals surface area (Å²) in [5, 5.41) is 6.32. The number of likely N-dealkylation sites (tertiary alicyclic amines) is 1. The molecule has 4 amide bonds. The van der Waals surface area contributed by atoms with Crippen molar-refractivity contribution < 1.29 is 23.6 Å². The number of benzene rings is 2. The second-order valence-corrected chi connectivity index (χ2v) is 20.9. The molecule has 16 heteroatoms. The van der Waals surface area contributed by atoms with E-state index in [-0.39, 0.29) is 35.5 Å². The number of anilines is 2. The molecule has 15 nitrogen and oxygen atoms in total. The highest BCUT2D eigenvalue weighted by Gasteiger charge is 2.49. The van der Waals surface area contributed by atoms with E-state index in [0.717, 1.165) is 108 Å². The quantitative estimate of drug-likeness (QED) is 0.151. The smallest absolute Gasteiger partial charge is 0.257 e. The number of halogens is 1. The van der Waals surface area contributed by atoms with E-state index in [1.165, 1.54) is 6.07 Å². The Labute approximate surface area is 414 Å². The number of imide groups is 1. The van der Waals surface area contributed by atoms with Crippen LogP contribution in [0.2, 0.25) is 0 Å². The molecule has 0 spiro atoms. The summed E-state index contributed by atoms with van der Waals surface area (Å²) in [6, 6.07) is 16.5. The summed E-state index contributed by atoms with van der Waals surface area (Å²) in [5.41, 5.74) is 8.02. The highest BCUT2D eigenvalue weighted by molar-refractivity contribution is 6.13. The fourth-order valence-electron chi connectivity index (χ4n) is 11.8. The van der Waals surface area contributed by atoms with Gasteiger partial charge < -0.3 is 14.8 Å². The standard InChI is InChI=1S/C55H65FN10O5/c1-34-25-39(27-44(56)50(34)38-14-18-61(19-15-38)33-41-29-42-45(11-17-58-51(42)60(41)6)65-22-16-40(57-5)28-49(65)68)53(70)63-20-12-36(13-21-63)32-64-24-23-62(30-35(64)2)31-37-7-8-46-43(26-37)55(3,4)54(71)66(46)47-9-10-48(67)59-52(47)69/h7-8,11,14,16-17,22,25-29,35-36,47,57H,9-10,12-13,15,18-21,23-24,30-33H2,1-6H3,(H,59,67,69)/t35-,47?/m0/s1. The number of piperazine rings is 1. The van der Waals surface area contributed by atoms with Crippen LogP contribution in [-0.2, 0) is 39.9 Å². The second kappa shape index (κ2) is 19.3. The Balaban J connectivity index is 0.708. The largest absolute Gasteiger partial charge is 0.388 e. The van der Waals surface area contributed by atoms with E-state index in [1.54, 1.807) is 35.0 Å². The molecule has 2 aromatic carbocycles. The summed E-state index contributed by atoms with van der Waals surface area (Å²) >= 11 is 0. The lowest BCUT2D eigenvalue weighted by Gasteiger charge is -2.42. The van der Waals surface area contributed by atoms with Crippen LogP contribution in [0.5, 0.6) is 0 Å². The summed E-state index contributed by atoms with van der Waals surface area (Å²) < 4.78 is 19.8. The number of aromatic nitrogens is 3. The van der Waals surface area contributed by atoms with Gasteiger partial charge in [0.1, 0.15) is 17.5 Å². The summed E-state index contributed by atoms with van der Waals surface area (Å²) in [6.45, 7) is 15.9. The lowest BCUT2D eigenvalue weighted by atomic mass is 9.85. The van der Waals surface area contributed by atoms with Crippen LogP contribution in [0.3, 0.4) is 0 Å². The number of nitrogens with zero attached hydrogens (tertiary/aromatic N) is 8. The third-order valence-corrected chi connectivity index (χ3v) is 15.9. The van der Waals surface area contributed by atoms with Gasteiger partial charge in [0.2, 0.25) is 17.7 Å². The summed E-state index contributed by atoms with van der Waals surface area (Å²) in [7, 11) is 3.78. The van der Waals surface area contributed by atoms with Gasteiger partial charge in [-0.05, 0) is 118 Å². The fraction of sp³-hybridized carbons (Fsp3) is 0.455. The maximum atomic E-state index is 16.1. The van der Waals surface area contributed by atoms with E-state index >= 15 is 4.39 Å². The number of hydrogen-bond donors (Lipinski definition) is 2. The molecular weight excluding hydrogens is 900 g/mol. The number of carbonyl (C=O) groups is 4. The first-order valence-electron chi connectivity index (χ1n) is 25.2. The molecule has 0 radical (unpaired) electrons. The zero-order valence-corrected chi connectivity index (χ0v) is 41.8. The van der Waals surface area contributed by atoms with Gasteiger partial charge in [-0.3, -0.25) is 53.5 Å². The number of carbonyl (C=O) groups excluding carboxylic acids is 4. The average Bonchev–Trinajstić information content (AvgIpc) is 3.77. The lowest BCUT2D eigenvalue weighted by molar-refractivity contribution is -0.136. The molecule has 8 heterocycles. The van der Waals surface area contributed by atoms with E-state index in [1.807, 2.05) is 57.0 Å². The van der Waals surface area contributed by atoms with Gasteiger partial charge in [0.25, 0.3) is 11.5 Å². The number of amides is 4. The molecule has 71 heavy (non-hydrogen) atoms. The molecule has 1 unspecified atom stereocenters. The Morgan fingerprint density at radius 3 is 2.41 bits per heavy atom. The van der Waals surface area contributed by atoms with Gasteiger partial charge in [-0.2, -0.15) is 0 Å². The van der Waals surface area contributed by atoms with Gasteiger partial charge in [0.05, 0.1) is 11.1 Å². The van der Waals surface area contributed by atoms with Crippen molar-refractivity contribution in [3.05, 3.63) is 123 Å². The molecule has 2 N–H and O–H groups in total. The fourth-order valence-corrected chi connectivity index (χ4v) is 11.8. The van der Waals surface area contributed by atoms with Gasteiger partial charge in [-0.15, -0.1) is 0 Å². The third-order valence-electron chi connectivity index (χ3n) is 15.9. The molecule has 5 aromatic rings. The Morgan fingerprint density at radius 1 is 0.901 bits per heavy atom. The van der Waals surface area contributed by atoms with Crippen molar-refractivity contribution in [3.63, 3.8) is 0 Å². The Morgan fingerprint density at radius 2 is 1.70 bits per heavy atom. The van der Waals surface area contributed by atoms with Crippen LogP contribution >= 0.6 is 0 Å². The predicted molar refractivity (Wildman–Crippen MR) is 273 cm³/mol. The maximum Gasteiger partial charge on any atom is 0.257 e. The van der Waals surface area contributed by atoms with Gasteiger partial charge in [-0.1, -0.05) is 18.2 Å². The number of fused-ring (bicyclic) bond motifs is 2. The topological polar surface area (TPSA) is 148 Å². The highest BCUT2D eigenvalue weighted by Crippen LogP contribution is 2.44. The molecule has 10 rings (SSSR count). The van der Waals surface area contributed by atoms with Crippen molar-refractivity contribution in [3.8, 4) is 5.69 Å². The summed E-state index contributed by atoms with van der Waals surface area (Å²) in [6.07, 6.45) is 8.64. The van der Waals surface area contributed by atoms with Crippen LogP contribution in [0.25, 0.3) is 22.3 Å². The molecule has 3 fully saturated rings. The Kier molecular flexibility index (Phi) is 13.1.